The van der Waals surface area contributed by atoms with Crippen molar-refractivity contribution in [3.63, 3.8) is 0 Å². The van der Waals surface area contributed by atoms with Crippen molar-refractivity contribution in [1.29, 1.82) is 5.26 Å². The molecule has 0 amide bonds. The molecule has 3 nitrogen and oxygen atoms in total. The zero-order chi connectivity index (χ0) is 15.3. The zero-order valence-corrected chi connectivity index (χ0v) is 13.3. The average molecular weight is 307 g/mol. The minimum Gasteiger partial charge on any atom is -0.360 e. The molecule has 2 bridgehead atoms. The van der Waals surface area contributed by atoms with E-state index in [1.54, 1.807) is 0 Å². The van der Waals surface area contributed by atoms with Crippen molar-refractivity contribution in [2.24, 2.45) is 7.05 Å². The lowest BCUT2D eigenvalue weighted by atomic mass is 9.86. The van der Waals surface area contributed by atoms with Gasteiger partial charge >= 0.3 is 0 Å². The molecule has 2 aliphatic rings. The number of benzene rings is 1. The normalized spacial score (nSPS) is 22.9. The van der Waals surface area contributed by atoms with E-state index in [1.165, 1.54) is 21.5 Å². The minimum atomic E-state index is 0.221. The third kappa shape index (κ3) is 1.75. The summed E-state index contributed by atoms with van der Waals surface area (Å²) < 4.78 is 2.28. The highest BCUT2D eigenvalue weighted by molar-refractivity contribution is 8.00. The lowest BCUT2D eigenvalue weighted by molar-refractivity contribution is 0.333. The third-order valence-corrected chi connectivity index (χ3v) is 6.10. The van der Waals surface area contributed by atoms with Crippen molar-refractivity contribution in [3.8, 4) is 6.07 Å². The summed E-state index contributed by atoms with van der Waals surface area (Å²) in [7, 11) is 2.13. The van der Waals surface area contributed by atoms with E-state index < -0.39 is 0 Å². The van der Waals surface area contributed by atoms with Gasteiger partial charge in [0.25, 0.3) is 0 Å². The lowest BCUT2D eigenvalue weighted by Crippen LogP contribution is -2.37. The molecule has 0 saturated heterocycles. The van der Waals surface area contributed by atoms with Crippen molar-refractivity contribution < 1.29 is 0 Å². The maximum absolute atomic E-state index is 9.61. The van der Waals surface area contributed by atoms with Crippen LogP contribution in [0.1, 0.15) is 17.9 Å². The van der Waals surface area contributed by atoms with E-state index in [9.17, 15) is 5.26 Å². The van der Waals surface area contributed by atoms with Gasteiger partial charge in [-0.3, -0.25) is 0 Å². The van der Waals surface area contributed by atoms with Gasteiger partial charge in [0.05, 0.1) is 22.0 Å². The number of fused-ring (bicyclic) bond motifs is 6. The Morgan fingerprint density at radius 3 is 3.05 bits per heavy atom. The van der Waals surface area contributed by atoms with Crippen LogP contribution in [0.25, 0.3) is 10.9 Å². The number of nitriles is 1. The van der Waals surface area contributed by atoms with E-state index in [1.807, 2.05) is 24.0 Å². The summed E-state index contributed by atoms with van der Waals surface area (Å²) in [6.45, 7) is 4.63. The molecule has 0 N–H and O–H groups in total. The van der Waals surface area contributed by atoms with E-state index >= 15 is 0 Å². The first kappa shape index (κ1) is 13.5. The number of rotatable bonds is 2. The Labute approximate surface area is 134 Å². The van der Waals surface area contributed by atoms with Crippen LogP contribution in [0.2, 0.25) is 0 Å². The van der Waals surface area contributed by atoms with E-state index in [2.05, 4.69) is 53.4 Å². The maximum atomic E-state index is 9.61. The van der Waals surface area contributed by atoms with Crippen LogP contribution in [0.3, 0.4) is 0 Å². The fraction of sp³-hybridized carbons (Fsp3) is 0.278. The Balaban J connectivity index is 1.95. The maximum Gasteiger partial charge on any atom is 0.0968 e. The molecule has 0 saturated carbocycles. The van der Waals surface area contributed by atoms with Crippen molar-refractivity contribution in [1.82, 2.24) is 9.47 Å². The second kappa shape index (κ2) is 4.96. The Morgan fingerprint density at radius 2 is 2.27 bits per heavy atom. The number of para-hydroxylation sites is 1. The van der Waals surface area contributed by atoms with Crippen molar-refractivity contribution in [2.45, 2.75) is 22.7 Å². The Kier molecular flexibility index (Phi) is 3.05. The van der Waals surface area contributed by atoms with Crippen LogP contribution in [-0.2, 0) is 7.05 Å². The largest absolute Gasteiger partial charge is 0.360 e. The molecule has 0 aliphatic carbocycles. The van der Waals surface area contributed by atoms with Gasteiger partial charge in [-0.15, -0.1) is 6.58 Å². The Hall–Kier alpha value is -2.12. The number of allylic oxidation sites excluding steroid dienone is 1. The van der Waals surface area contributed by atoms with Crippen LogP contribution < -0.4 is 0 Å². The summed E-state index contributed by atoms with van der Waals surface area (Å²) in [5.41, 5.74) is 3.46. The number of thioether (sulfide) groups is 1. The molecule has 22 heavy (non-hydrogen) atoms. The van der Waals surface area contributed by atoms with Gasteiger partial charge in [-0.05, 0) is 12.5 Å². The molecule has 110 valence electrons. The molecule has 0 spiro atoms. The molecular weight excluding hydrogens is 290 g/mol. The standard InChI is InChI=1S/C18H17N3S/c1-3-8-21-11-12(10-19)14-9-16(21)22-18-17(14)13-6-4-5-7-15(13)20(18)2/h3-7,11,14,16H,1,8-9H2,2H3. The molecule has 4 rings (SSSR count). The molecule has 3 heterocycles. The Bertz CT molecular complexity index is 840. The van der Waals surface area contributed by atoms with E-state index in [4.69, 9.17) is 0 Å². The van der Waals surface area contributed by atoms with Crippen molar-refractivity contribution >= 4 is 22.7 Å². The van der Waals surface area contributed by atoms with Gasteiger partial charge in [-0.2, -0.15) is 5.26 Å². The highest BCUT2D eigenvalue weighted by Crippen LogP contribution is 2.52. The number of aromatic nitrogens is 1. The molecule has 2 aliphatic heterocycles. The quantitative estimate of drug-likeness (QED) is 0.786. The first-order chi connectivity index (χ1) is 10.7. The monoisotopic (exact) mass is 307 g/mol. The molecule has 0 radical (unpaired) electrons. The average Bonchev–Trinajstić information content (AvgIpc) is 2.84. The topological polar surface area (TPSA) is 32.0 Å². The first-order valence-corrected chi connectivity index (χ1v) is 8.35. The van der Waals surface area contributed by atoms with Crippen LogP contribution in [0.15, 0.2) is 53.7 Å². The highest BCUT2D eigenvalue weighted by Gasteiger charge is 2.39. The molecular formula is C18H17N3S. The van der Waals surface area contributed by atoms with Gasteiger partial charge in [0.2, 0.25) is 0 Å². The zero-order valence-electron chi connectivity index (χ0n) is 12.5. The van der Waals surface area contributed by atoms with Crippen LogP contribution in [-0.4, -0.2) is 21.4 Å². The molecule has 4 heteroatoms. The summed E-state index contributed by atoms with van der Waals surface area (Å²) in [5, 5.41) is 12.6. The fourth-order valence-corrected chi connectivity index (χ4v) is 5.10. The SMILES string of the molecule is C=CCN1C=C(C#N)C2CC1Sc1c2c2ccccc2n1C. The second-order valence-electron chi connectivity index (χ2n) is 5.84. The molecule has 0 fully saturated rings. The minimum absolute atomic E-state index is 0.221. The van der Waals surface area contributed by atoms with Gasteiger partial charge in [-0.25, -0.2) is 0 Å². The molecule has 1 aromatic carbocycles. The highest BCUT2D eigenvalue weighted by atomic mass is 32.2. The van der Waals surface area contributed by atoms with Gasteiger partial charge in [0.15, 0.2) is 0 Å². The van der Waals surface area contributed by atoms with Crippen LogP contribution >= 0.6 is 11.8 Å². The first-order valence-electron chi connectivity index (χ1n) is 7.47. The van der Waals surface area contributed by atoms with Gasteiger partial charge in [0.1, 0.15) is 0 Å². The number of nitrogens with zero attached hydrogens (tertiary/aromatic N) is 3. The van der Waals surface area contributed by atoms with Crippen molar-refractivity contribution in [3.05, 3.63) is 54.3 Å². The van der Waals surface area contributed by atoms with Crippen LogP contribution in [0.5, 0.6) is 0 Å². The summed E-state index contributed by atoms with van der Waals surface area (Å²) in [6.07, 6.45) is 4.94. The predicted octanol–water partition coefficient (Wildman–Crippen LogP) is 3.99. The number of hydrogen-bond donors (Lipinski definition) is 0. The van der Waals surface area contributed by atoms with Crippen molar-refractivity contribution in [2.75, 3.05) is 6.54 Å². The van der Waals surface area contributed by atoms with E-state index in [-0.39, 0.29) is 5.92 Å². The lowest BCUT2D eigenvalue weighted by Gasteiger charge is -2.40. The van der Waals surface area contributed by atoms with Crippen LogP contribution in [0.4, 0.5) is 0 Å². The fourth-order valence-electron chi connectivity index (χ4n) is 3.64. The van der Waals surface area contributed by atoms with Gasteiger partial charge < -0.3 is 9.47 Å². The summed E-state index contributed by atoms with van der Waals surface area (Å²) in [5.74, 6) is 0.221. The summed E-state index contributed by atoms with van der Waals surface area (Å²) in [6, 6.07) is 10.9. The van der Waals surface area contributed by atoms with Gasteiger partial charge in [0, 0.05) is 42.2 Å². The summed E-state index contributed by atoms with van der Waals surface area (Å²) in [4.78, 5) is 2.24. The summed E-state index contributed by atoms with van der Waals surface area (Å²) >= 11 is 1.91. The third-order valence-electron chi connectivity index (χ3n) is 4.64. The predicted molar refractivity (Wildman–Crippen MR) is 90.5 cm³/mol. The molecule has 2 atom stereocenters. The van der Waals surface area contributed by atoms with E-state index in [0.29, 0.717) is 5.37 Å². The van der Waals surface area contributed by atoms with E-state index in [0.717, 1.165) is 18.5 Å². The molecule has 2 aromatic rings. The number of aryl methyl sites for hydroxylation is 1. The smallest absolute Gasteiger partial charge is 0.0968 e. The second-order valence-corrected chi connectivity index (χ2v) is 7.00. The van der Waals surface area contributed by atoms with Crippen LogP contribution in [0, 0.1) is 11.3 Å². The Morgan fingerprint density at radius 1 is 1.45 bits per heavy atom. The number of hydrogen-bond acceptors (Lipinski definition) is 3. The molecule has 2 unspecified atom stereocenters. The van der Waals surface area contributed by atoms with Gasteiger partial charge in [-0.1, -0.05) is 36.0 Å². The molecule has 1 aromatic heterocycles.